The minimum absolute atomic E-state index is 0.0468. The molecule has 7 nitrogen and oxygen atoms in total. The molecule has 2 aromatic rings. The molecule has 0 radical (unpaired) electrons. The summed E-state index contributed by atoms with van der Waals surface area (Å²) in [6, 6.07) is 9.58. The summed E-state index contributed by atoms with van der Waals surface area (Å²) in [5, 5.41) is 20.4. The number of phenolic OH excluding ortho intramolecular Hbond substituents is 2. The van der Waals surface area contributed by atoms with Crippen LogP contribution in [0, 0.1) is 0 Å². The summed E-state index contributed by atoms with van der Waals surface area (Å²) in [7, 11) is 0. The molecule has 4 rings (SSSR count). The lowest BCUT2D eigenvalue weighted by Gasteiger charge is -2.25. The number of piperidine rings is 2. The van der Waals surface area contributed by atoms with Gasteiger partial charge in [-0.1, -0.05) is 0 Å². The molecular weight excluding hydrogens is 444 g/mol. The molecule has 0 unspecified atom stereocenters. The van der Waals surface area contributed by atoms with Crippen molar-refractivity contribution in [3.8, 4) is 23.0 Å². The van der Waals surface area contributed by atoms with Gasteiger partial charge >= 0.3 is 0 Å². The van der Waals surface area contributed by atoms with Crippen LogP contribution in [0.5, 0.6) is 23.0 Å². The van der Waals surface area contributed by atoms with E-state index in [1.54, 1.807) is 36.4 Å². The highest BCUT2D eigenvalue weighted by molar-refractivity contribution is 5.93. The third kappa shape index (κ3) is 6.66. The van der Waals surface area contributed by atoms with E-state index in [4.69, 9.17) is 4.74 Å². The van der Waals surface area contributed by atoms with Crippen molar-refractivity contribution >= 4 is 24.0 Å². The molecule has 7 heteroatoms. The fourth-order valence-electron chi connectivity index (χ4n) is 4.36. The van der Waals surface area contributed by atoms with Crippen molar-refractivity contribution in [1.82, 2.24) is 9.80 Å². The molecular formula is C28H32N2O5. The van der Waals surface area contributed by atoms with Gasteiger partial charge in [0.25, 0.3) is 0 Å². The van der Waals surface area contributed by atoms with Crippen molar-refractivity contribution in [3.05, 3.63) is 59.7 Å². The minimum Gasteiger partial charge on any atom is -0.507 e. The van der Waals surface area contributed by atoms with Crippen LogP contribution in [-0.4, -0.2) is 58.0 Å². The number of aromatic hydroxyl groups is 2. The monoisotopic (exact) mass is 476 g/mol. The zero-order chi connectivity index (χ0) is 24.6. The molecule has 0 saturated carbocycles. The summed E-state index contributed by atoms with van der Waals surface area (Å²) < 4.78 is 5.94. The second kappa shape index (κ2) is 11.6. The number of benzene rings is 2. The number of hydrogen-bond donors (Lipinski definition) is 2. The van der Waals surface area contributed by atoms with Gasteiger partial charge in [0, 0.05) is 49.5 Å². The van der Waals surface area contributed by atoms with Gasteiger partial charge in [0.15, 0.2) is 0 Å². The van der Waals surface area contributed by atoms with Crippen molar-refractivity contribution in [2.24, 2.45) is 0 Å². The second-order valence-electron chi connectivity index (χ2n) is 8.98. The summed E-state index contributed by atoms with van der Waals surface area (Å²) >= 11 is 0. The number of amides is 2. The maximum Gasteiger partial charge on any atom is 0.246 e. The van der Waals surface area contributed by atoms with E-state index in [1.807, 2.05) is 9.80 Å². The van der Waals surface area contributed by atoms with Crippen LogP contribution >= 0.6 is 0 Å². The molecule has 184 valence electrons. The fraction of sp³-hybridized carbons (Fsp3) is 0.357. The molecule has 2 fully saturated rings. The van der Waals surface area contributed by atoms with Crippen molar-refractivity contribution < 1.29 is 24.5 Å². The zero-order valence-corrected chi connectivity index (χ0v) is 19.9. The van der Waals surface area contributed by atoms with Crippen LogP contribution in [0.15, 0.2) is 48.6 Å². The maximum absolute atomic E-state index is 12.4. The van der Waals surface area contributed by atoms with Crippen LogP contribution in [0.4, 0.5) is 0 Å². The van der Waals surface area contributed by atoms with Crippen molar-refractivity contribution in [1.29, 1.82) is 0 Å². The zero-order valence-electron chi connectivity index (χ0n) is 19.9. The Kier molecular flexibility index (Phi) is 8.08. The minimum atomic E-state index is -0.0653. The van der Waals surface area contributed by atoms with Gasteiger partial charge in [0.2, 0.25) is 11.8 Å². The molecule has 0 aromatic heterocycles. The van der Waals surface area contributed by atoms with Crippen LogP contribution in [0.3, 0.4) is 0 Å². The third-order valence-electron chi connectivity index (χ3n) is 6.38. The Morgan fingerprint density at radius 2 is 1.06 bits per heavy atom. The van der Waals surface area contributed by atoms with Gasteiger partial charge in [-0.2, -0.15) is 0 Å². The number of rotatable bonds is 6. The average molecular weight is 477 g/mol. The predicted molar refractivity (Wildman–Crippen MR) is 135 cm³/mol. The molecule has 0 bridgehead atoms. The summed E-state index contributed by atoms with van der Waals surface area (Å²) in [5.74, 6) is 0.904. The maximum atomic E-state index is 12.4. The third-order valence-corrected chi connectivity index (χ3v) is 6.38. The highest BCUT2D eigenvalue weighted by Crippen LogP contribution is 2.31. The smallest absolute Gasteiger partial charge is 0.246 e. The Morgan fingerprint density at radius 3 is 1.46 bits per heavy atom. The standard InChI is InChI=1S/C28H32N2O5/c31-25-11-9-23(19-21(25)7-13-27(33)29-15-3-1-4-16-29)35-24-10-12-26(32)22(20-24)8-14-28(34)30-17-5-2-6-18-30/h7-14,19-20,31-32H,1-6,15-18H2. The van der Waals surface area contributed by atoms with E-state index < -0.39 is 0 Å². The first kappa shape index (κ1) is 24.4. The normalized spacial score (nSPS) is 16.7. The van der Waals surface area contributed by atoms with E-state index in [1.165, 1.54) is 24.3 Å². The first-order chi connectivity index (χ1) is 17.0. The number of ether oxygens (including phenoxy) is 1. The SMILES string of the molecule is O=C(C=Cc1cc(Oc2ccc(O)c(C=CC(=O)N3CCCCC3)c2)ccc1O)N1CCCCC1. The lowest BCUT2D eigenvalue weighted by Crippen LogP contribution is -2.34. The van der Waals surface area contributed by atoms with Gasteiger partial charge in [-0.25, -0.2) is 0 Å². The van der Waals surface area contributed by atoms with E-state index >= 15 is 0 Å². The predicted octanol–water partition coefficient (Wildman–Crippen LogP) is 4.94. The average Bonchev–Trinajstić information content (AvgIpc) is 2.90. The lowest BCUT2D eigenvalue weighted by molar-refractivity contribution is -0.127. The molecule has 2 amide bonds. The van der Waals surface area contributed by atoms with Crippen LogP contribution in [-0.2, 0) is 9.59 Å². The highest BCUT2D eigenvalue weighted by atomic mass is 16.5. The Morgan fingerprint density at radius 1 is 0.657 bits per heavy atom. The van der Waals surface area contributed by atoms with Gasteiger partial charge in [-0.3, -0.25) is 9.59 Å². The summed E-state index contributed by atoms with van der Waals surface area (Å²) in [6.07, 6.45) is 12.5. The van der Waals surface area contributed by atoms with Gasteiger partial charge in [0.05, 0.1) is 0 Å². The van der Waals surface area contributed by atoms with Crippen LogP contribution in [0.1, 0.15) is 49.7 Å². The molecule has 2 aliphatic rings. The Hall–Kier alpha value is -3.74. The molecule has 2 saturated heterocycles. The first-order valence-electron chi connectivity index (χ1n) is 12.3. The Bertz CT molecular complexity index is 1020. The largest absolute Gasteiger partial charge is 0.507 e. The van der Waals surface area contributed by atoms with E-state index in [0.717, 1.165) is 64.7 Å². The lowest BCUT2D eigenvalue weighted by atomic mass is 10.1. The first-order valence-corrected chi connectivity index (χ1v) is 12.3. The number of likely N-dealkylation sites (tertiary alicyclic amines) is 2. The van der Waals surface area contributed by atoms with Crippen molar-refractivity contribution in [2.75, 3.05) is 26.2 Å². The quantitative estimate of drug-likeness (QED) is 0.577. The summed E-state index contributed by atoms with van der Waals surface area (Å²) in [6.45, 7) is 3.05. The van der Waals surface area contributed by atoms with Crippen LogP contribution < -0.4 is 4.74 Å². The van der Waals surface area contributed by atoms with Crippen molar-refractivity contribution in [2.45, 2.75) is 38.5 Å². The summed E-state index contributed by atoms with van der Waals surface area (Å²) in [4.78, 5) is 28.5. The number of carbonyl (C=O) groups excluding carboxylic acids is 2. The van der Waals surface area contributed by atoms with Crippen LogP contribution in [0.2, 0.25) is 0 Å². The number of hydrogen-bond acceptors (Lipinski definition) is 5. The van der Waals surface area contributed by atoms with Gasteiger partial charge in [-0.15, -0.1) is 0 Å². The fourth-order valence-corrected chi connectivity index (χ4v) is 4.36. The van der Waals surface area contributed by atoms with Gasteiger partial charge < -0.3 is 24.7 Å². The number of carbonyl (C=O) groups is 2. The topological polar surface area (TPSA) is 90.3 Å². The Labute approximate surface area is 205 Å². The molecule has 0 atom stereocenters. The molecule has 0 spiro atoms. The number of nitrogens with zero attached hydrogens (tertiary/aromatic N) is 2. The van der Waals surface area contributed by atoms with Gasteiger partial charge in [0.1, 0.15) is 23.0 Å². The molecule has 2 heterocycles. The molecule has 2 aromatic carbocycles. The molecule has 2 aliphatic heterocycles. The van der Waals surface area contributed by atoms with Crippen molar-refractivity contribution in [3.63, 3.8) is 0 Å². The highest BCUT2D eigenvalue weighted by Gasteiger charge is 2.15. The molecule has 2 N–H and O–H groups in total. The second-order valence-corrected chi connectivity index (χ2v) is 8.98. The summed E-state index contributed by atoms with van der Waals surface area (Å²) in [5.41, 5.74) is 0.942. The Balaban J connectivity index is 1.44. The van der Waals surface area contributed by atoms with E-state index in [-0.39, 0.29) is 23.3 Å². The molecule has 0 aliphatic carbocycles. The van der Waals surface area contributed by atoms with E-state index in [9.17, 15) is 19.8 Å². The number of phenols is 2. The van der Waals surface area contributed by atoms with Gasteiger partial charge in [-0.05, 0) is 87.1 Å². The van der Waals surface area contributed by atoms with E-state index in [2.05, 4.69) is 0 Å². The molecule has 35 heavy (non-hydrogen) atoms. The van der Waals surface area contributed by atoms with E-state index in [0.29, 0.717) is 22.6 Å². The van der Waals surface area contributed by atoms with Crippen LogP contribution in [0.25, 0.3) is 12.2 Å².